The number of carbonyl (C=O) groups excluding carboxylic acids is 1. The predicted octanol–water partition coefficient (Wildman–Crippen LogP) is 1.07. The van der Waals surface area contributed by atoms with Crippen LogP contribution >= 0.6 is 15.9 Å². The fourth-order valence-corrected chi connectivity index (χ4v) is 2.21. The Balaban J connectivity index is 3.46. The van der Waals surface area contributed by atoms with Gasteiger partial charge in [0.05, 0.1) is 22.3 Å². The lowest BCUT2D eigenvalue weighted by Gasteiger charge is -2.07. The molecule has 5 nitrogen and oxygen atoms in total. The number of ketones is 1. The Morgan fingerprint density at radius 2 is 1.69 bits per heavy atom. The standard InChI is InChI=1S/C9H11BrN2O3S/c1-5-8(7(13)4-10)6(2)12-9(11-5)16(3,14)15/h4H2,1-3H3. The Hall–Kier alpha value is -0.820. The molecule has 88 valence electrons. The molecule has 0 aliphatic rings. The van der Waals surface area contributed by atoms with E-state index in [2.05, 4.69) is 25.9 Å². The third kappa shape index (κ3) is 2.65. The smallest absolute Gasteiger partial charge is 0.247 e. The van der Waals surface area contributed by atoms with Gasteiger partial charge in [-0.2, -0.15) is 0 Å². The van der Waals surface area contributed by atoms with Crippen LogP contribution in [0.2, 0.25) is 0 Å². The van der Waals surface area contributed by atoms with Crippen LogP contribution in [0.1, 0.15) is 21.7 Å². The van der Waals surface area contributed by atoms with Crippen LogP contribution in [0.25, 0.3) is 0 Å². The number of Topliss-reactive ketones (excluding diaryl/α,β-unsaturated/α-hetero) is 1. The molecule has 0 radical (unpaired) electrons. The Morgan fingerprint density at radius 1 is 1.25 bits per heavy atom. The summed E-state index contributed by atoms with van der Waals surface area (Å²) in [7, 11) is -3.44. The number of halogens is 1. The second-order valence-corrected chi connectivity index (χ2v) is 5.85. The summed E-state index contributed by atoms with van der Waals surface area (Å²) in [6.07, 6.45) is 1.03. The molecule has 0 aliphatic carbocycles. The molecule has 16 heavy (non-hydrogen) atoms. The minimum atomic E-state index is -3.44. The molecule has 0 N–H and O–H groups in total. The van der Waals surface area contributed by atoms with E-state index in [1.807, 2.05) is 0 Å². The molecule has 0 spiro atoms. The maximum Gasteiger partial charge on any atom is 0.247 e. The van der Waals surface area contributed by atoms with E-state index < -0.39 is 9.84 Å². The Morgan fingerprint density at radius 3 is 2.00 bits per heavy atom. The quantitative estimate of drug-likeness (QED) is 0.474. The normalized spacial score (nSPS) is 11.5. The highest BCUT2D eigenvalue weighted by atomic mass is 79.9. The van der Waals surface area contributed by atoms with E-state index in [4.69, 9.17) is 0 Å². The average Bonchev–Trinajstić information content (AvgIpc) is 2.14. The van der Waals surface area contributed by atoms with Gasteiger partial charge in [0, 0.05) is 6.26 Å². The van der Waals surface area contributed by atoms with Crippen molar-refractivity contribution in [3.05, 3.63) is 17.0 Å². The number of aryl methyl sites for hydroxylation is 2. The molecule has 1 heterocycles. The molecule has 0 aliphatic heterocycles. The molecule has 1 aromatic rings. The second kappa shape index (κ2) is 4.58. The number of hydrogen-bond acceptors (Lipinski definition) is 5. The van der Waals surface area contributed by atoms with Gasteiger partial charge >= 0.3 is 0 Å². The number of aromatic nitrogens is 2. The summed E-state index contributed by atoms with van der Waals surface area (Å²) in [5, 5.41) is -0.0791. The number of hydrogen-bond donors (Lipinski definition) is 0. The van der Waals surface area contributed by atoms with Crippen molar-refractivity contribution < 1.29 is 13.2 Å². The first-order valence-electron chi connectivity index (χ1n) is 4.42. The molecule has 0 aromatic carbocycles. The predicted molar refractivity (Wildman–Crippen MR) is 62.7 cm³/mol. The van der Waals surface area contributed by atoms with Crippen LogP contribution < -0.4 is 0 Å². The zero-order chi connectivity index (χ0) is 12.5. The zero-order valence-electron chi connectivity index (χ0n) is 9.11. The highest BCUT2D eigenvalue weighted by Crippen LogP contribution is 2.14. The number of sulfone groups is 1. The summed E-state index contributed by atoms with van der Waals surface area (Å²) in [5.74, 6) is -0.157. The van der Waals surface area contributed by atoms with Gasteiger partial charge in [-0.15, -0.1) is 0 Å². The summed E-state index contributed by atoms with van der Waals surface area (Å²) < 4.78 is 22.5. The minimum absolute atomic E-state index is 0.157. The van der Waals surface area contributed by atoms with Crippen LogP contribution in [0.3, 0.4) is 0 Å². The van der Waals surface area contributed by atoms with Gasteiger partial charge in [0.15, 0.2) is 5.78 Å². The second-order valence-electron chi connectivity index (χ2n) is 3.38. The lowest BCUT2D eigenvalue weighted by Crippen LogP contribution is -2.14. The third-order valence-electron chi connectivity index (χ3n) is 1.98. The number of rotatable bonds is 3. The van der Waals surface area contributed by atoms with Gasteiger partial charge < -0.3 is 0 Å². The molecular weight excluding hydrogens is 296 g/mol. The summed E-state index contributed by atoms with van der Waals surface area (Å²) in [6.45, 7) is 3.19. The fraction of sp³-hybridized carbons (Fsp3) is 0.444. The molecule has 0 unspecified atom stereocenters. The van der Waals surface area contributed by atoms with Crippen LogP contribution in [0.5, 0.6) is 0 Å². The average molecular weight is 307 g/mol. The first kappa shape index (κ1) is 13.2. The van der Waals surface area contributed by atoms with E-state index in [0.717, 1.165) is 6.26 Å². The lowest BCUT2D eigenvalue weighted by molar-refractivity contribution is 0.102. The molecule has 0 amide bonds. The van der Waals surface area contributed by atoms with E-state index in [0.29, 0.717) is 17.0 Å². The number of nitrogens with zero attached hydrogens (tertiary/aromatic N) is 2. The Labute approximate surface area is 102 Å². The van der Waals surface area contributed by atoms with Crippen LogP contribution in [0.4, 0.5) is 0 Å². The first-order valence-corrected chi connectivity index (χ1v) is 7.43. The van der Waals surface area contributed by atoms with Gasteiger partial charge in [-0.25, -0.2) is 18.4 Å². The van der Waals surface area contributed by atoms with Crippen LogP contribution in [-0.4, -0.2) is 35.8 Å². The molecule has 0 bridgehead atoms. The van der Waals surface area contributed by atoms with Crippen molar-refractivity contribution in [3.8, 4) is 0 Å². The topological polar surface area (TPSA) is 77.0 Å². The number of carbonyl (C=O) groups is 1. The molecule has 0 atom stereocenters. The van der Waals surface area contributed by atoms with Gasteiger partial charge in [0.1, 0.15) is 0 Å². The number of alkyl halides is 1. The van der Waals surface area contributed by atoms with Crippen molar-refractivity contribution in [3.63, 3.8) is 0 Å². The third-order valence-corrected chi connectivity index (χ3v) is 3.34. The molecule has 0 saturated heterocycles. The van der Waals surface area contributed by atoms with Gasteiger partial charge in [-0.1, -0.05) is 15.9 Å². The van der Waals surface area contributed by atoms with Gasteiger partial charge in [0.25, 0.3) is 0 Å². The lowest BCUT2D eigenvalue weighted by atomic mass is 10.1. The van der Waals surface area contributed by atoms with E-state index in [9.17, 15) is 13.2 Å². The van der Waals surface area contributed by atoms with Crippen molar-refractivity contribution in [2.75, 3.05) is 11.6 Å². The zero-order valence-corrected chi connectivity index (χ0v) is 11.5. The van der Waals surface area contributed by atoms with Crippen LogP contribution in [0.15, 0.2) is 5.16 Å². The maximum absolute atomic E-state index is 11.5. The van der Waals surface area contributed by atoms with E-state index in [-0.39, 0.29) is 16.3 Å². The van der Waals surface area contributed by atoms with Gasteiger partial charge in [0.2, 0.25) is 15.0 Å². The van der Waals surface area contributed by atoms with Crippen molar-refractivity contribution in [2.24, 2.45) is 0 Å². The molecule has 0 fully saturated rings. The molecular formula is C9H11BrN2O3S. The van der Waals surface area contributed by atoms with Crippen molar-refractivity contribution in [1.82, 2.24) is 9.97 Å². The molecule has 7 heteroatoms. The maximum atomic E-state index is 11.5. The highest BCUT2D eigenvalue weighted by Gasteiger charge is 2.19. The van der Waals surface area contributed by atoms with E-state index >= 15 is 0 Å². The van der Waals surface area contributed by atoms with Crippen molar-refractivity contribution in [1.29, 1.82) is 0 Å². The monoisotopic (exact) mass is 306 g/mol. The molecule has 0 saturated carbocycles. The Kier molecular flexibility index (Phi) is 3.80. The van der Waals surface area contributed by atoms with Crippen LogP contribution in [-0.2, 0) is 9.84 Å². The molecule has 1 aromatic heterocycles. The largest absolute Gasteiger partial charge is 0.293 e. The first-order chi connectivity index (χ1) is 7.27. The molecule has 1 rings (SSSR count). The minimum Gasteiger partial charge on any atom is -0.293 e. The summed E-state index contributed by atoms with van der Waals surface area (Å²) in [5.41, 5.74) is 1.15. The van der Waals surface area contributed by atoms with Gasteiger partial charge in [-0.3, -0.25) is 4.79 Å². The van der Waals surface area contributed by atoms with E-state index in [1.54, 1.807) is 13.8 Å². The SMILES string of the molecule is Cc1nc(S(C)(=O)=O)nc(C)c1C(=O)CBr. The van der Waals surface area contributed by atoms with Crippen LogP contribution in [0, 0.1) is 13.8 Å². The summed E-state index contributed by atoms with van der Waals surface area (Å²) in [6, 6.07) is 0. The van der Waals surface area contributed by atoms with Crippen molar-refractivity contribution in [2.45, 2.75) is 19.0 Å². The highest BCUT2D eigenvalue weighted by molar-refractivity contribution is 9.09. The Bertz CT molecular complexity index is 517. The van der Waals surface area contributed by atoms with Gasteiger partial charge in [-0.05, 0) is 13.8 Å². The summed E-state index contributed by atoms with van der Waals surface area (Å²) in [4.78, 5) is 19.2. The summed E-state index contributed by atoms with van der Waals surface area (Å²) >= 11 is 3.05. The van der Waals surface area contributed by atoms with Crippen molar-refractivity contribution >= 4 is 31.6 Å². The van der Waals surface area contributed by atoms with E-state index in [1.165, 1.54) is 0 Å². The fourth-order valence-electron chi connectivity index (χ4n) is 1.32.